The van der Waals surface area contributed by atoms with Gasteiger partial charge in [-0.25, -0.2) is 0 Å². The standard InChI is InChI=1S/C9H9FO/c1-7-6-8(10)4-3-5-9(7)11-2/h3,5-6H,1-2H3. The largest absolute Gasteiger partial charge is 0.496 e. The highest BCUT2D eigenvalue weighted by Gasteiger charge is 2.01. The van der Waals surface area contributed by atoms with E-state index in [1.165, 1.54) is 12.2 Å². The zero-order valence-electron chi connectivity index (χ0n) is 6.52. The van der Waals surface area contributed by atoms with Gasteiger partial charge in [-0.3, -0.25) is 0 Å². The molecule has 0 N–H and O–H groups in total. The van der Waals surface area contributed by atoms with Gasteiger partial charge in [0, 0.05) is 0 Å². The minimum Gasteiger partial charge on any atom is -0.496 e. The van der Waals surface area contributed by atoms with Crippen molar-refractivity contribution in [2.24, 2.45) is 0 Å². The molecule has 0 unspecified atom stereocenters. The Bertz CT molecular complexity index is 278. The molecular formula is C9H9FO. The lowest BCUT2D eigenvalue weighted by atomic mass is 10.2. The Balaban J connectivity index is 3.01. The summed E-state index contributed by atoms with van der Waals surface area (Å²) in [5.41, 5.74) is 3.20. The van der Waals surface area contributed by atoms with Gasteiger partial charge in [0.1, 0.15) is 5.76 Å². The van der Waals surface area contributed by atoms with Crippen molar-refractivity contribution >= 4 is 0 Å². The summed E-state index contributed by atoms with van der Waals surface area (Å²) in [5, 5.41) is 0. The van der Waals surface area contributed by atoms with Crippen LogP contribution in [0.15, 0.2) is 41.1 Å². The molecule has 0 aromatic carbocycles. The maximum atomic E-state index is 12.6. The number of hydrogen-bond donors (Lipinski definition) is 0. The predicted molar refractivity (Wildman–Crippen MR) is 41.6 cm³/mol. The van der Waals surface area contributed by atoms with E-state index in [2.05, 4.69) is 5.73 Å². The smallest absolute Gasteiger partial charge is 0.165 e. The highest BCUT2D eigenvalue weighted by Crippen LogP contribution is 2.15. The van der Waals surface area contributed by atoms with Gasteiger partial charge >= 0.3 is 0 Å². The molecule has 0 aromatic heterocycles. The van der Waals surface area contributed by atoms with Crippen LogP contribution < -0.4 is 0 Å². The van der Waals surface area contributed by atoms with Gasteiger partial charge in [0.05, 0.1) is 7.11 Å². The fourth-order valence-corrected chi connectivity index (χ4v) is 0.860. The van der Waals surface area contributed by atoms with Crippen molar-refractivity contribution < 1.29 is 9.13 Å². The summed E-state index contributed by atoms with van der Waals surface area (Å²) in [6.07, 6.45) is 4.57. The molecule has 0 aromatic rings. The fourth-order valence-electron chi connectivity index (χ4n) is 0.860. The summed E-state index contributed by atoms with van der Waals surface area (Å²) in [4.78, 5) is 0. The van der Waals surface area contributed by atoms with E-state index < -0.39 is 0 Å². The molecule has 2 heteroatoms. The van der Waals surface area contributed by atoms with Crippen LogP contribution in [0.2, 0.25) is 0 Å². The van der Waals surface area contributed by atoms with Gasteiger partial charge in [-0.15, -0.1) is 0 Å². The van der Waals surface area contributed by atoms with Crippen molar-refractivity contribution in [3.05, 3.63) is 41.1 Å². The monoisotopic (exact) mass is 152 g/mol. The van der Waals surface area contributed by atoms with Crippen molar-refractivity contribution in [2.75, 3.05) is 7.11 Å². The SMILES string of the molecule is COC1=CC=C=C(F)C=C1C. The van der Waals surface area contributed by atoms with Crippen molar-refractivity contribution in [1.82, 2.24) is 0 Å². The Labute approximate surface area is 65.2 Å². The Morgan fingerprint density at radius 2 is 2.27 bits per heavy atom. The molecule has 0 saturated heterocycles. The van der Waals surface area contributed by atoms with E-state index in [9.17, 15) is 4.39 Å². The molecular weight excluding hydrogens is 143 g/mol. The van der Waals surface area contributed by atoms with Crippen LogP contribution in [0.3, 0.4) is 0 Å². The summed E-state index contributed by atoms with van der Waals surface area (Å²) in [6.45, 7) is 1.79. The van der Waals surface area contributed by atoms with Crippen molar-refractivity contribution in [2.45, 2.75) is 6.92 Å². The van der Waals surface area contributed by atoms with Crippen LogP contribution in [-0.2, 0) is 4.74 Å². The van der Waals surface area contributed by atoms with Crippen LogP contribution in [0.4, 0.5) is 4.39 Å². The van der Waals surface area contributed by atoms with E-state index in [1.54, 1.807) is 20.1 Å². The Hall–Kier alpha value is -1.27. The van der Waals surface area contributed by atoms with E-state index in [0.717, 1.165) is 5.57 Å². The molecule has 0 aliphatic heterocycles. The minimum atomic E-state index is -0.370. The first-order valence-electron chi connectivity index (χ1n) is 3.29. The number of halogens is 1. The molecule has 1 nitrogen and oxygen atoms in total. The van der Waals surface area contributed by atoms with Gasteiger partial charge in [-0.1, -0.05) is 5.73 Å². The maximum absolute atomic E-state index is 12.6. The highest BCUT2D eigenvalue weighted by molar-refractivity contribution is 5.35. The molecule has 1 aliphatic rings. The van der Waals surface area contributed by atoms with Crippen LogP contribution in [0, 0.1) is 0 Å². The Kier molecular flexibility index (Phi) is 2.29. The fraction of sp³-hybridized carbons (Fsp3) is 0.222. The maximum Gasteiger partial charge on any atom is 0.165 e. The van der Waals surface area contributed by atoms with Crippen LogP contribution in [-0.4, -0.2) is 7.11 Å². The third-order valence-corrected chi connectivity index (χ3v) is 1.41. The summed E-state index contributed by atoms with van der Waals surface area (Å²) in [5.74, 6) is 0.302. The van der Waals surface area contributed by atoms with E-state index in [-0.39, 0.29) is 5.83 Å². The van der Waals surface area contributed by atoms with Gasteiger partial charge in [0.25, 0.3) is 0 Å². The van der Waals surface area contributed by atoms with Gasteiger partial charge < -0.3 is 4.74 Å². The molecule has 1 rings (SSSR count). The molecule has 0 spiro atoms. The number of methoxy groups -OCH3 is 1. The van der Waals surface area contributed by atoms with Crippen LogP contribution >= 0.6 is 0 Å². The zero-order chi connectivity index (χ0) is 8.27. The third-order valence-electron chi connectivity index (χ3n) is 1.41. The lowest BCUT2D eigenvalue weighted by Crippen LogP contribution is -1.87. The normalized spacial score (nSPS) is 16.5. The first-order valence-corrected chi connectivity index (χ1v) is 3.29. The topological polar surface area (TPSA) is 9.23 Å². The summed E-state index contributed by atoms with van der Waals surface area (Å²) in [6, 6.07) is 0. The minimum absolute atomic E-state index is 0.370. The molecule has 11 heavy (non-hydrogen) atoms. The van der Waals surface area contributed by atoms with Gasteiger partial charge in [-0.2, -0.15) is 4.39 Å². The lowest BCUT2D eigenvalue weighted by molar-refractivity contribution is 0.301. The van der Waals surface area contributed by atoms with Crippen molar-refractivity contribution in [1.29, 1.82) is 0 Å². The first-order chi connectivity index (χ1) is 5.24. The molecule has 0 heterocycles. The number of allylic oxidation sites excluding steroid dienone is 4. The Morgan fingerprint density at radius 1 is 1.55 bits per heavy atom. The second-order valence-corrected chi connectivity index (χ2v) is 2.22. The van der Waals surface area contributed by atoms with E-state index in [4.69, 9.17) is 4.74 Å². The quantitative estimate of drug-likeness (QED) is 0.524. The van der Waals surface area contributed by atoms with Gasteiger partial charge in [0.2, 0.25) is 0 Å². The van der Waals surface area contributed by atoms with Gasteiger partial charge in [0.15, 0.2) is 5.83 Å². The molecule has 0 radical (unpaired) electrons. The molecule has 1 aliphatic carbocycles. The lowest BCUT2D eigenvalue weighted by Gasteiger charge is -2.02. The van der Waals surface area contributed by atoms with Crippen molar-refractivity contribution in [3.63, 3.8) is 0 Å². The van der Waals surface area contributed by atoms with E-state index in [0.29, 0.717) is 5.76 Å². The average molecular weight is 152 g/mol. The highest BCUT2D eigenvalue weighted by atomic mass is 19.1. The first kappa shape index (κ1) is 7.83. The summed E-state index contributed by atoms with van der Waals surface area (Å²) >= 11 is 0. The number of ether oxygens (including phenoxy) is 1. The van der Waals surface area contributed by atoms with Gasteiger partial charge in [-0.05, 0) is 30.7 Å². The van der Waals surface area contributed by atoms with E-state index in [1.807, 2.05) is 0 Å². The third kappa shape index (κ3) is 1.82. The molecule has 0 atom stereocenters. The second kappa shape index (κ2) is 3.22. The van der Waals surface area contributed by atoms with Crippen LogP contribution in [0.25, 0.3) is 0 Å². The van der Waals surface area contributed by atoms with Crippen molar-refractivity contribution in [3.8, 4) is 0 Å². The predicted octanol–water partition coefficient (Wildman–Crippen LogP) is 2.49. The molecule has 0 fully saturated rings. The molecule has 0 bridgehead atoms. The summed E-state index contributed by atoms with van der Waals surface area (Å²) < 4.78 is 17.6. The summed E-state index contributed by atoms with van der Waals surface area (Å²) in [7, 11) is 1.56. The molecule has 58 valence electrons. The van der Waals surface area contributed by atoms with Crippen LogP contribution in [0.1, 0.15) is 6.92 Å². The number of hydrogen-bond acceptors (Lipinski definition) is 1. The average Bonchev–Trinajstić information content (AvgIpc) is 2.11. The Morgan fingerprint density at radius 3 is 2.91 bits per heavy atom. The molecule has 0 saturated carbocycles. The van der Waals surface area contributed by atoms with Crippen LogP contribution in [0.5, 0.6) is 0 Å². The van der Waals surface area contributed by atoms with E-state index >= 15 is 0 Å². The second-order valence-electron chi connectivity index (χ2n) is 2.22. The molecule has 0 amide bonds. The zero-order valence-corrected chi connectivity index (χ0v) is 6.52. The number of rotatable bonds is 1.